The van der Waals surface area contributed by atoms with E-state index in [9.17, 15) is 9.90 Å². The van der Waals surface area contributed by atoms with Crippen molar-refractivity contribution < 1.29 is 14.6 Å². The zero-order valence-corrected chi connectivity index (χ0v) is 12.8. The lowest BCUT2D eigenvalue weighted by molar-refractivity contribution is 0.177. The van der Waals surface area contributed by atoms with Gasteiger partial charge in [-0.25, -0.2) is 4.79 Å². The van der Waals surface area contributed by atoms with Gasteiger partial charge in [-0.2, -0.15) is 0 Å². The van der Waals surface area contributed by atoms with Crippen LogP contribution in [0.15, 0.2) is 48.5 Å². The molecule has 116 valence electrons. The van der Waals surface area contributed by atoms with E-state index in [0.29, 0.717) is 17.3 Å². The number of phenols is 1. The molecule has 2 amide bonds. The number of rotatable bonds is 5. The Kier molecular flexibility index (Phi) is 5.49. The van der Waals surface area contributed by atoms with Gasteiger partial charge in [-0.3, -0.25) is 0 Å². The fourth-order valence-electron chi connectivity index (χ4n) is 1.81. The summed E-state index contributed by atoms with van der Waals surface area (Å²) in [5, 5.41) is 15.2. The molecular weight excluding hydrogens is 304 g/mol. The highest BCUT2D eigenvalue weighted by Crippen LogP contribution is 2.17. The maximum absolute atomic E-state index is 11.8. The van der Waals surface area contributed by atoms with Crippen molar-refractivity contribution in [3.63, 3.8) is 0 Å². The fraction of sp³-hybridized carbons (Fsp3) is 0.188. The van der Waals surface area contributed by atoms with Crippen LogP contribution in [0.2, 0.25) is 5.02 Å². The summed E-state index contributed by atoms with van der Waals surface area (Å²) in [6.07, 6.45) is -0.518. The topological polar surface area (TPSA) is 70.6 Å². The molecule has 3 N–H and O–H groups in total. The number of amides is 2. The van der Waals surface area contributed by atoms with Crippen molar-refractivity contribution in [2.75, 3.05) is 0 Å². The lowest BCUT2D eigenvalue weighted by atomic mass is 10.2. The maximum Gasteiger partial charge on any atom is 0.317 e. The third-order valence-corrected chi connectivity index (χ3v) is 3.25. The van der Waals surface area contributed by atoms with Crippen molar-refractivity contribution >= 4 is 17.6 Å². The van der Waals surface area contributed by atoms with Crippen LogP contribution in [-0.4, -0.2) is 17.4 Å². The third kappa shape index (κ3) is 4.86. The highest BCUT2D eigenvalue weighted by molar-refractivity contribution is 6.31. The highest BCUT2D eigenvalue weighted by Gasteiger charge is 2.09. The number of aromatic hydroxyl groups is 1. The lowest BCUT2D eigenvalue weighted by Crippen LogP contribution is -2.43. The quantitative estimate of drug-likeness (QED) is 0.740. The molecule has 0 heterocycles. The van der Waals surface area contributed by atoms with Crippen LogP contribution in [0.3, 0.4) is 0 Å². The molecule has 0 aliphatic rings. The summed E-state index contributed by atoms with van der Waals surface area (Å²) in [5.74, 6) is 0.710. The SMILES string of the molecule is CC(NC(=O)NCc1ccccc1Cl)Oc1ccc(O)cc1. The van der Waals surface area contributed by atoms with Gasteiger partial charge < -0.3 is 20.5 Å². The molecule has 0 bridgehead atoms. The van der Waals surface area contributed by atoms with E-state index in [1.165, 1.54) is 12.1 Å². The van der Waals surface area contributed by atoms with Crippen molar-refractivity contribution in [3.05, 3.63) is 59.1 Å². The minimum atomic E-state index is -0.518. The van der Waals surface area contributed by atoms with Crippen LogP contribution < -0.4 is 15.4 Å². The molecule has 2 aromatic rings. The van der Waals surface area contributed by atoms with Crippen molar-refractivity contribution in [3.8, 4) is 11.5 Å². The molecule has 2 rings (SSSR count). The van der Waals surface area contributed by atoms with Crippen LogP contribution in [0.1, 0.15) is 12.5 Å². The van der Waals surface area contributed by atoms with E-state index in [0.717, 1.165) is 5.56 Å². The van der Waals surface area contributed by atoms with Gasteiger partial charge in [0.1, 0.15) is 11.5 Å². The summed E-state index contributed by atoms with van der Waals surface area (Å²) < 4.78 is 5.51. The fourth-order valence-corrected chi connectivity index (χ4v) is 2.01. The molecule has 1 unspecified atom stereocenters. The molecule has 0 fully saturated rings. The second kappa shape index (κ2) is 7.56. The van der Waals surface area contributed by atoms with Gasteiger partial charge >= 0.3 is 6.03 Å². The van der Waals surface area contributed by atoms with Crippen LogP contribution >= 0.6 is 11.6 Å². The Morgan fingerprint density at radius 1 is 1.23 bits per heavy atom. The monoisotopic (exact) mass is 320 g/mol. The number of carbonyl (C=O) groups excluding carboxylic acids is 1. The largest absolute Gasteiger partial charge is 0.508 e. The predicted molar refractivity (Wildman–Crippen MR) is 85.0 cm³/mol. The summed E-state index contributed by atoms with van der Waals surface area (Å²) >= 11 is 6.02. The van der Waals surface area contributed by atoms with Crippen molar-refractivity contribution in [1.29, 1.82) is 0 Å². The second-order valence-corrected chi connectivity index (χ2v) is 5.08. The van der Waals surface area contributed by atoms with E-state index in [-0.39, 0.29) is 11.8 Å². The van der Waals surface area contributed by atoms with Gasteiger partial charge in [0.15, 0.2) is 6.23 Å². The molecule has 2 aromatic carbocycles. The zero-order chi connectivity index (χ0) is 15.9. The Morgan fingerprint density at radius 3 is 2.59 bits per heavy atom. The molecule has 5 nitrogen and oxygen atoms in total. The first kappa shape index (κ1) is 16.0. The van der Waals surface area contributed by atoms with Gasteiger partial charge in [0, 0.05) is 11.6 Å². The molecule has 22 heavy (non-hydrogen) atoms. The van der Waals surface area contributed by atoms with Crippen molar-refractivity contribution in [2.45, 2.75) is 19.7 Å². The highest BCUT2D eigenvalue weighted by atomic mass is 35.5. The van der Waals surface area contributed by atoms with Crippen LogP contribution in [0.25, 0.3) is 0 Å². The summed E-state index contributed by atoms with van der Waals surface area (Å²) in [6.45, 7) is 2.04. The van der Waals surface area contributed by atoms with Gasteiger partial charge in [-0.1, -0.05) is 29.8 Å². The molecule has 0 aromatic heterocycles. The zero-order valence-electron chi connectivity index (χ0n) is 12.0. The number of carbonyl (C=O) groups is 1. The minimum Gasteiger partial charge on any atom is -0.508 e. The van der Waals surface area contributed by atoms with Gasteiger partial charge in [-0.05, 0) is 42.8 Å². The first-order valence-corrected chi connectivity index (χ1v) is 7.16. The smallest absolute Gasteiger partial charge is 0.317 e. The first-order valence-electron chi connectivity index (χ1n) is 6.78. The Morgan fingerprint density at radius 2 is 1.91 bits per heavy atom. The normalized spacial score (nSPS) is 11.5. The average Bonchev–Trinajstić information content (AvgIpc) is 2.49. The molecule has 6 heteroatoms. The van der Waals surface area contributed by atoms with Gasteiger partial charge in [-0.15, -0.1) is 0 Å². The number of benzene rings is 2. The van der Waals surface area contributed by atoms with E-state index in [1.807, 2.05) is 18.2 Å². The minimum absolute atomic E-state index is 0.158. The van der Waals surface area contributed by atoms with Gasteiger partial charge in [0.05, 0.1) is 0 Å². The predicted octanol–water partition coefficient (Wildman–Crippen LogP) is 3.27. The Labute approximate surface area is 133 Å². The summed E-state index contributed by atoms with van der Waals surface area (Å²) in [5.41, 5.74) is 0.839. The summed E-state index contributed by atoms with van der Waals surface area (Å²) in [4.78, 5) is 11.8. The molecular formula is C16H17ClN2O3. The molecule has 0 saturated heterocycles. The molecule has 0 aliphatic heterocycles. The van der Waals surface area contributed by atoms with E-state index in [2.05, 4.69) is 10.6 Å². The average molecular weight is 321 g/mol. The Balaban J connectivity index is 1.79. The van der Waals surface area contributed by atoms with Crippen LogP contribution in [0, 0.1) is 0 Å². The van der Waals surface area contributed by atoms with Gasteiger partial charge in [0.25, 0.3) is 0 Å². The van der Waals surface area contributed by atoms with E-state index >= 15 is 0 Å². The number of urea groups is 1. The third-order valence-electron chi connectivity index (χ3n) is 2.88. The Hall–Kier alpha value is -2.40. The standard InChI is InChI=1S/C16H17ClN2O3/c1-11(22-14-8-6-13(20)7-9-14)19-16(21)18-10-12-4-2-3-5-15(12)17/h2-9,11,20H,10H2,1H3,(H2,18,19,21). The van der Waals surface area contributed by atoms with Crippen molar-refractivity contribution in [1.82, 2.24) is 10.6 Å². The molecule has 0 spiro atoms. The summed E-state index contributed by atoms with van der Waals surface area (Å²) in [7, 11) is 0. The number of nitrogens with one attached hydrogen (secondary N) is 2. The lowest BCUT2D eigenvalue weighted by Gasteiger charge is -2.17. The van der Waals surface area contributed by atoms with Crippen LogP contribution in [0.5, 0.6) is 11.5 Å². The molecule has 0 saturated carbocycles. The van der Waals surface area contributed by atoms with E-state index in [1.54, 1.807) is 25.1 Å². The number of phenolic OH excluding ortho intramolecular Hbond substituents is 1. The molecule has 1 atom stereocenters. The number of ether oxygens (including phenoxy) is 1. The first-order chi connectivity index (χ1) is 10.5. The van der Waals surface area contributed by atoms with Crippen molar-refractivity contribution in [2.24, 2.45) is 0 Å². The second-order valence-electron chi connectivity index (χ2n) is 4.67. The summed E-state index contributed by atoms with van der Waals surface area (Å²) in [6, 6.07) is 13.2. The number of hydrogen-bond donors (Lipinski definition) is 3. The van der Waals surface area contributed by atoms with Crippen LogP contribution in [-0.2, 0) is 6.54 Å². The van der Waals surface area contributed by atoms with Gasteiger partial charge in [0.2, 0.25) is 0 Å². The number of hydrogen-bond acceptors (Lipinski definition) is 3. The Bertz CT molecular complexity index is 632. The van der Waals surface area contributed by atoms with E-state index < -0.39 is 6.23 Å². The molecule has 0 aliphatic carbocycles. The number of halogens is 1. The molecule has 0 radical (unpaired) electrons. The van der Waals surface area contributed by atoms with E-state index in [4.69, 9.17) is 16.3 Å². The van der Waals surface area contributed by atoms with Crippen LogP contribution in [0.4, 0.5) is 4.79 Å². The maximum atomic E-state index is 11.8.